The van der Waals surface area contributed by atoms with Gasteiger partial charge in [-0.05, 0) is 42.3 Å². The molecule has 1 fully saturated rings. The molecule has 1 saturated heterocycles. The van der Waals surface area contributed by atoms with Gasteiger partial charge in [-0.1, -0.05) is 35.3 Å². The number of halogens is 2. The number of amides is 2. The second-order valence-electron chi connectivity index (χ2n) is 5.96. The highest BCUT2D eigenvalue weighted by Crippen LogP contribution is 2.27. The van der Waals surface area contributed by atoms with Gasteiger partial charge in [-0.2, -0.15) is 0 Å². The molecular formula is C19H18Cl2N2O3. The van der Waals surface area contributed by atoms with Crippen LogP contribution in [0.15, 0.2) is 42.5 Å². The summed E-state index contributed by atoms with van der Waals surface area (Å²) in [6, 6.07) is 12.4. The van der Waals surface area contributed by atoms with Crippen LogP contribution in [-0.4, -0.2) is 25.0 Å². The predicted octanol–water partition coefficient (Wildman–Crippen LogP) is 3.82. The fourth-order valence-corrected chi connectivity index (χ4v) is 3.17. The number of nitrogens with one attached hydrogen (secondary N) is 1. The van der Waals surface area contributed by atoms with Gasteiger partial charge in [-0.15, -0.1) is 0 Å². The van der Waals surface area contributed by atoms with E-state index in [1.807, 2.05) is 24.3 Å². The first-order chi connectivity index (χ1) is 12.5. The summed E-state index contributed by atoms with van der Waals surface area (Å²) in [5.74, 6) is 0.310. The van der Waals surface area contributed by atoms with Gasteiger partial charge in [-0.25, -0.2) is 0 Å². The molecule has 2 aromatic carbocycles. The van der Waals surface area contributed by atoms with Crippen molar-refractivity contribution < 1.29 is 14.3 Å². The molecule has 0 atom stereocenters. The normalized spacial score (nSPS) is 13.8. The summed E-state index contributed by atoms with van der Waals surface area (Å²) < 4.78 is 5.39. The molecule has 0 aromatic heterocycles. The zero-order chi connectivity index (χ0) is 18.5. The van der Waals surface area contributed by atoms with E-state index in [0.29, 0.717) is 28.8 Å². The number of hydrogen-bond acceptors (Lipinski definition) is 3. The molecule has 1 N–H and O–H groups in total. The van der Waals surface area contributed by atoms with Gasteiger partial charge in [0.05, 0.1) is 5.02 Å². The molecule has 5 nitrogen and oxygen atoms in total. The standard InChI is InChI=1S/C19H18Cl2N2O3/c20-14-5-8-17(16(21)10-14)26-12-18(24)22-11-13-3-6-15(7-4-13)23-9-1-2-19(23)25/h3-8,10H,1-2,9,11-12H2,(H,22,24). The van der Waals surface area contributed by atoms with Crippen molar-refractivity contribution in [2.45, 2.75) is 19.4 Å². The Bertz CT molecular complexity index is 809. The topological polar surface area (TPSA) is 58.6 Å². The molecular weight excluding hydrogens is 375 g/mol. The van der Waals surface area contributed by atoms with Crippen LogP contribution in [0.1, 0.15) is 18.4 Å². The molecule has 2 amide bonds. The van der Waals surface area contributed by atoms with Crippen molar-refractivity contribution in [2.75, 3.05) is 18.1 Å². The molecule has 1 heterocycles. The van der Waals surface area contributed by atoms with Crippen LogP contribution in [0.25, 0.3) is 0 Å². The van der Waals surface area contributed by atoms with Crippen LogP contribution < -0.4 is 15.0 Å². The Morgan fingerprint density at radius 3 is 2.58 bits per heavy atom. The molecule has 0 spiro atoms. The van der Waals surface area contributed by atoms with Crippen molar-refractivity contribution in [1.82, 2.24) is 5.32 Å². The number of hydrogen-bond donors (Lipinski definition) is 1. The van der Waals surface area contributed by atoms with Gasteiger partial charge in [0.2, 0.25) is 5.91 Å². The third kappa shape index (κ3) is 4.68. The first-order valence-corrected chi connectivity index (χ1v) is 9.02. The predicted molar refractivity (Wildman–Crippen MR) is 102 cm³/mol. The van der Waals surface area contributed by atoms with E-state index in [4.69, 9.17) is 27.9 Å². The molecule has 7 heteroatoms. The third-order valence-electron chi connectivity index (χ3n) is 4.06. The van der Waals surface area contributed by atoms with E-state index in [1.165, 1.54) is 0 Å². The molecule has 3 rings (SSSR count). The highest BCUT2D eigenvalue weighted by atomic mass is 35.5. The Kier molecular flexibility index (Phi) is 6.01. The summed E-state index contributed by atoms with van der Waals surface area (Å²) in [5.41, 5.74) is 1.83. The Morgan fingerprint density at radius 1 is 1.15 bits per heavy atom. The highest BCUT2D eigenvalue weighted by molar-refractivity contribution is 6.35. The molecule has 2 aromatic rings. The monoisotopic (exact) mass is 392 g/mol. The van der Waals surface area contributed by atoms with Crippen molar-refractivity contribution in [3.63, 3.8) is 0 Å². The molecule has 0 radical (unpaired) electrons. The van der Waals surface area contributed by atoms with Gasteiger partial charge in [0.1, 0.15) is 5.75 Å². The quantitative estimate of drug-likeness (QED) is 0.812. The van der Waals surface area contributed by atoms with Crippen molar-refractivity contribution in [1.29, 1.82) is 0 Å². The number of benzene rings is 2. The van der Waals surface area contributed by atoms with Gasteiger partial charge in [0.25, 0.3) is 5.91 Å². The van der Waals surface area contributed by atoms with Gasteiger partial charge < -0.3 is 15.0 Å². The fourth-order valence-electron chi connectivity index (χ4n) is 2.70. The van der Waals surface area contributed by atoms with Crippen LogP contribution in [0.3, 0.4) is 0 Å². The van der Waals surface area contributed by atoms with Crippen LogP contribution in [0.4, 0.5) is 5.69 Å². The third-order valence-corrected chi connectivity index (χ3v) is 4.59. The Balaban J connectivity index is 1.47. The number of nitrogens with zero attached hydrogens (tertiary/aromatic N) is 1. The summed E-state index contributed by atoms with van der Waals surface area (Å²) in [6.07, 6.45) is 1.50. The number of carbonyl (C=O) groups is 2. The lowest BCUT2D eigenvalue weighted by Gasteiger charge is -2.16. The minimum Gasteiger partial charge on any atom is -0.482 e. The van der Waals surface area contributed by atoms with E-state index in [-0.39, 0.29) is 18.4 Å². The van der Waals surface area contributed by atoms with Crippen LogP contribution in [-0.2, 0) is 16.1 Å². The van der Waals surface area contributed by atoms with E-state index in [0.717, 1.165) is 24.2 Å². The van der Waals surface area contributed by atoms with E-state index in [9.17, 15) is 9.59 Å². The van der Waals surface area contributed by atoms with E-state index < -0.39 is 0 Å². The second kappa shape index (κ2) is 8.43. The molecule has 1 aliphatic heterocycles. The number of anilines is 1. The SMILES string of the molecule is O=C(COc1ccc(Cl)cc1Cl)NCc1ccc(N2CCCC2=O)cc1. The summed E-state index contributed by atoms with van der Waals surface area (Å²) >= 11 is 11.8. The van der Waals surface area contributed by atoms with Crippen molar-refractivity contribution >= 4 is 40.7 Å². The van der Waals surface area contributed by atoms with Crippen LogP contribution >= 0.6 is 23.2 Å². The molecule has 136 valence electrons. The Labute approximate surface area is 161 Å². The Morgan fingerprint density at radius 2 is 1.92 bits per heavy atom. The number of carbonyl (C=O) groups excluding carboxylic acids is 2. The molecule has 1 aliphatic rings. The maximum absolute atomic E-state index is 11.9. The maximum Gasteiger partial charge on any atom is 0.258 e. The number of rotatable bonds is 6. The summed E-state index contributed by atoms with van der Waals surface area (Å²) in [6.45, 7) is 1.01. The van der Waals surface area contributed by atoms with Crippen molar-refractivity contribution in [3.8, 4) is 5.75 Å². The van der Waals surface area contributed by atoms with Crippen LogP contribution in [0.5, 0.6) is 5.75 Å². The molecule has 0 unspecified atom stereocenters. The molecule has 0 aliphatic carbocycles. The molecule has 0 saturated carbocycles. The maximum atomic E-state index is 11.9. The zero-order valence-electron chi connectivity index (χ0n) is 14.0. The highest BCUT2D eigenvalue weighted by Gasteiger charge is 2.21. The largest absolute Gasteiger partial charge is 0.482 e. The van der Waals surface area contributed by atoms with Crippen LogP contribution in [0.2, 0.25) is 10.0 Å². The van der Waals surface area contributed by atoms with E-state index >= 15 is 0 Å². The van der Waals surface area contributed by atoms with Gasteiger partial charge in [0.15, 0.2) is 6.61 Å². The second-order valence-corrected chi connectivity index (χ2v) is 6.80. The van der Waals surface area contributed by atoms with Gasteiger partial charge >= 0.3 is 0 Å². The first kappa shape index (κ1) is 18.5. The Hall–Kier alpha value is -2.24. The molecule has 26 heavy (non-hydrogen) atoms. The minimum atomic E-state index is -0.255. The lowest BCUT2D eigenvalue weighted by Crippen LogP contribution is -2.28. The average Bonchev–Trinajstić information content (AvgIpc) is 3.05. The zero-order valence-corrected chi connectivity index (χ0v) is 15.5. The van der Waals surface area contributed by atoms with Crippen molar-refractivity contribution in [3.05, 3.63) is 58.1 Å². The summed E-state index contributed by atoms with van der Waals surface area (Å²) in [4.78, 5) is 25.5. The van der Waals surface area contributed by atoms with Crippen molar-refractivity contribution in [2.24, 2.45) is 0 Å². The smallest absolute Gasteiger partial charge is 0.258 e. The number of ether oxygens (including phenoxy) is 1. The first-order valence-electron chi connectivity index (χ1n) is 8.27. The van der Waals surface area contributed by atoms with E-state index in [1.54, 1.807) is 23.1 Å². The van der Waals surface area contributed by atoms with E-state index in [2.05, 4.69) is 5.32 Å². The minimum absolute atomic E-state index is 0.137. The van der Waals surface area contributed by atoms with Gasteiger partial charge in [0, 0.05) is 30.2 Å². The van der Waals surface area contributed by atoms with Crippen LogP contribution in [0, 0.1) is 0 Å². The summed E-state index contributed by atoms with van der Waals surface area (Å²) in [5, 5.41) is 3.65. The van der Waals surface area contributed by atoms with Gasteiger partial charge in [-0.3, -0.25) is 9.59 Å². The lowest BCUT2D eigenvalue weighted by atomic mass is 10.2. The molecule has 0 bridgehead atoms. The summed E-state index contributed by atoms with van der Waals surface area (Å²) in [7, 11) is 0. The average molecular weight is 393 g/mol. The lowest BCUT2D eigenvalue weighted by molar-refractivity contribution is -0.123. The fraction of sp³-hybridized carbons (Fsp3) is 0.263.